The van der Waals surface area contributed by atoms with E-state index in [2.05, 4.69) is 19.6 Å². The average molecular weight is 499 g/mol. The number of amides is 1. The topological polar surface area (TPSA) is 90.8 Å². The highest BCUT2D eigenvalue weighted by molar-refractivity contribution is 7.92. The molecule has 0 aliphatic carbocycles. The summed E-state index contributed by atoms with van der Waals surface area (Å²) in [6.45, 7) is 4.52. The second-order valence-corrected chi connectivity index (χ2v) is 10.7. The van der Waals surface area contributed by atoms with Crippen molar-refractivity contribution in [1.29, 1.82) is 0 Å². The zero-order valence-electron chi connectivity index (χ0n) is 18.5. The van der Waals surface area contributed by atoms with Crippen LogP contribution in [-0.4, -0.2) is 85.7 Å². The van der Waals surface area contributed by atoms with Crippen LogP contribution in [0.4, 0.5) is 20.7 Å². The van der Waals surface area contributed by atoms with Crippen LogP contribution in [-0.2, 0) is 16.6 Å². The number of nitrogens with zero attached hydrogens (tertiary/aromatic N) is 5. The molecular formula is C21H28ClFN6O3S. The van der Waals surface area contributed by atoms with Crippen molar-refractivity contribution in [1.82, 2.24) is 19.6 Å². The van der Waals surface area contributed by atoms with Gasteiger partial charge < -0.3 is 9.80 Å². The van der Waals surface area contributed by atoms with E-state index in [4.69, 9.17) is 11.6 Å². The summed E-state index contributed by atoms with van der Waals surface area (Å²) in [7, 11) is -3.46. The number of anilines is 2. The lowest BCUT2D eigenvalue weighted by atomic mass is 10.1. The molecule has 0 atom stereocenters. The van der Waals surface area contributed by atoms with E-state index < -0.39 is 16.2 Å². The first-order chi connectivity index (χ1) is 15.7. The largest absolute Gasteiger partial charge is 0.371 e. The normalized spacial score (nSPS) is 18.5. The summed E-state index contributed by atoms with van der Waals surface area (Å²) in [5.74, 6) is 0.108. The van der Waals surface area contributed by atoms with Crippen molar-refractivity contribution in [3.8, 4) is 0 Å². The summed E-state index contributed by atoms with van der Waals surface area (Å²) >= 11 is 6.25. The fraction of sp³-hybridized carbons (Fsp3) is 0.524. The van der Waals surface area contributed by atoms with E-state index in [0.717, 1.165) is 22.2 Å². The van der Waals surface area contributed by atoms with E-state index in [-0.39, 0.29) is 11.8 Å². The fourth-order valence-corrected chi connectivity index (χ4v) is 4.87. The highest BCUT2D eigenvalue weighted by Gasteiger charge is 2.25. The van der Waals surface area contributed by atoms with Gasteiger partial charge in [0.05, 0.1) is 6.26 Å². The Morgan fingerprint density at radius 3 is 2.52 bits per heavy atom. The van der Waals surface area contributed by atoms with Crippen molar-refractivity contribution in [3.63, 3.8) is 0 Å². The molecule has 33 heavy (non-hydrogen) atoms. The molecule has 4 rings (SSSR count). The number of alkyl halides is 1. The number of aromatic nitrogens is 2. The number of hydrogen-bond donors (Lipinski definition) is 1. The number of sulfonamides is 1. The van der Waals surface area contributed by atoms with Gasteiger partial charge in [-0.3, -0.25) is 9.62 Å². The van der Waals surface area contributed by atoms with Gasteiger partial charge in [-0.2, -0.15) is 4.68 Å². The van der Waals surface area contributed by atoms with E-state index in [9.17, 15) is 17.6 Å². The van der Waals surface area contributed by atoms with Gasteiger partial charge in [-0.25, -0.2) is 17.6 Å². The first-order valence-corrected chi connectivity index (χ1v) is 13.2. The SMILES string of the molecule is CS(=O)(=O)Nc1ccn(C(=O)N2CCN(Cc3ccc(Cl)cc3N3CCC(F)CC3)CC2)n1. The van der Waals surface area contributed by atoms with Gasteiger partial charge in [-0.05, 0) is 30.5 Å². The van der Waals surface area contributed by atoms with Gasteiger partial charge in [0.2, 0.25) is 10.0 Å². The van der Waals surface area contributed by atoms with E-state index >= 15 is 0 Å². The molecule has 2 aromatic rings. The quantitative estimate of drug-likeness (QED) is 0.681. The predicted molar refractivity (Wildman–Crippen MR) is 126 cm³/mol. The average Bonchev–Trinajstić information content (AvgIpc) is 3.22. The zero-order chi connectivity index (χ0) is 23.6. The van der Waals surface area contributed by atoms with Gasteiger partial charge >= 0.3 is 6.03 Å². The number of nitrogens with one attached hydrogen (secondary N) is 1. The van der Waals surface area contributed by atoms with Crippen LogP contribution in [0.1, 0.15) is 18.4 Å². The van der Waals surface area contributed by atoms with Gasteiger partial charge in [0.25, 0.3) is 0 Å². The molecule has 0 radical (unpaired) electrons. The molecule has 2 fully saturated rings. The standard InChI is InChI=1S/C21H28ClFN6O3S/c1-33(31,32)25-20-6-9-29(24-20)21(30)28-12-10-26(11-13-28)15-16-2-3-17(22)14-19(16)27-7-4-18(23)5-8-27/h2-3,6,9,14,18H,4-5,7-8,10-13,15H2,1H3,(H,24,25). The maximum Gasteiger partial charge on any atom is 0.344 e. The summed E-state index contributed by atoms with van der Waals surface area (Å²) < 4.78 is 39.7. The van der Waals surface area contributed by atoms with Crippen LogP contribution in [0.3, 0.4) is 0 Å². The Bertz CT molecular complexity index is 1100. The smallest absolute Gasteiger partial charge is 0.344 e. The fourth-order valence-electron chi connectivity index (χ4n) is 4.21. The summed E-state index contributed by atoms with van der Waals surface area (Å²) in [6, 6.07) is 7.01. The molecule has 1 aromatic heterocycles. The second-order valence-electron chi connectivity index (χ2n) is 8.50. The van der Waals surface area contributed by atoms with Gasteiger partial charge in [-0.1, -0.05) is 17.7 Å². The lowest BCUT2D eigenvalue weighted by Gasteiger charge is -2.36. The van der Waals surface area contributed by atoms with Crippen LogP contribution in [0.15, 0.2) is 30.5 Å². The third-order valence-corrected chi connectivity index (χ3v) is 6.74. The Kier molecular flexibility index (Phi) is 7.10. The van der Waals surface area contributed by atoms with Crippen molar-refractivity contribution in [2.45, 2.75) is 25.6 Å². The van der Waals surface area contributed by atoms with Crippen molar-refractivity contribution in [2.24, 2.45) is 0 Å². The number of piperidine rings is 1. The monoisotopic (exact) mass is 498 g/mol. The predicted octanol–water partition coefficient (Wildman–Crippen LogP) is 2.63. The second kappa shape index (κ2) is 9.86. The van der Waals surface area contributed by atoms with Crippen LogP contribution in [0.2, 0.25) is 5.02 Å². The lowest BCUT2D eigenvalue weighted by Crippen LogP contribution is -2.49. The minimum absolute atomic E-state index is 0.108. The molecule has 1 aromatic carbocycles. The first-order valence-electron chi connectivity index (χ1n) is 10.9. The van der Waals surface area contributed by atoms with Crippen molar-refractivity contribution < 1.29 is 17.6 Å². The van der Waals surface area contributed by atoms with Gasteiger partial charge in [0.1, 0.15) is 6.17 Å². The van der Waals surface area contributed by atoms with E-state index in [1.54, 1.807) is 4.90 Å². The van der Waals surface area contributed by atoms with Crippen LogP contribution in [0.25, 0.3) is 0 Å². The van der Waals surface area contributed by atoms with Gasteiger partial charge in [-0.15, -0.1) is 5.10 Å². The lowest BCUT2D eigenvalue weighted by molar-refractivity contribution is 0.134. The molecule has 1 amide bonds. The third kappa shape index (κ3) is 6.15. The minimum atomic E-state index is -3.46. The Morgan fingerprint density at radius 1 is 1.15 bits per heavy atom. The van der Waals surface area contributed by atoms with E-state index in [1.165, 1.54) is 12.3 Å². The number of rotatable bonds is 5. The first kappa shape index (κ1) is 23.8. The van der Waals surface area contributed by atoms with Crippen LogP contribution >= 0.6 is 11.6 Å². The Hall–Kier alpha value is -2.37. The molecule has 9 nitrogen and oxygen atoms in total. The molecule has 0 saturated carbocycles. The molecule has 180 valence electrons. The number of carbonyl (C=O) groups excluding carboxylic acids is 1. The number of halogens is 2. The van der Waals surface area contributed by atoms with Crippen LogP contribution < -0.4 is 9.62 Å². The Morgan fingerprint density at radius 2 is 1.85 bits per heavy atom. The number of piperazine rings is 1. The summed E-state index contributed by atoms with van der Waals surface area (Å²) in [6.07, 6.45) is 2.80. The van der Waals surface area contributed by atoms with Crippen LogP contribution in [0, 0.1) is 0 Å². The summed E-state index contributed by atoms with van der Waals surface area (Å²) in [4.78, 5) is 18.9. The number of hydrogen-bond acceptors (Lipinski definition) is 6. The Labute approximate surface area is 198 Å². The number of carbonyl (C=O) groups is 1. The molecule has 12 heteroatoms. The van der Waals surface area contributed by atoms with E-state index in [0.29, 0.717) is 63.7 Å². The minimum Gasteiger partial charge on any atom is -0.371 e. The number of benzene rings is 1. The maximum atomic E-state index is 13.6. The molecule has 3 heterocycles. The molecule has 2 aliphatic heterocycles. The van der Waals surface area contributed by atoms with Crippen LogP contribution in [0.5, 0.6) is 0 Å². The molecule has 0 bridgehead atoms. The van der Waals surface area contributed by atoms with Crippen molar-refractivity contribution >= 4 is 39.2 Å². The molecule has 0 spiro atoms. The molecule has 2 aliphatic rings. The van der Waals surface area contributed by atoms with E-state index in [1.807, 2.05) is 18.2 Å². The molecule has 1 N–H and O–H groups in total. The molecule has 0 unspecified atom stereocenters. The highest BCUT2D eigenvalue weighted by atomic mass is 35.5. The highest BCUT2D eigenvalue weighted by Crippen LogP contribution is 2.29. The zero-order valence-corrected chi connectivity index (χ0v) is 20.0. The van der Waals surface area contributed by atoms with Crippen molar-refractivity contribution in [2.75, 3.05) is 55.1 Å². The maximum absolute atomic E-state index is 13.6. The summed E-state index contributed by atoms with van der Waals surface area (Å²) in [5.41, 5.74) is 2.19. The third-order valence-electron chi connectivity index (χ3n) is 5.92. The molecular weight excluding hydrogens is 471 g/mol. The molecule has 2 saturated heterocycles. The van der Waals surface area contributed by atoms with Gasteiger partial charge in [0.15, 0.2) is 5.82 Å². The summed E-state index contributed by atoms with van der Waals surface area (Å²) in [5, 5.41) is 4.67. The van der Waals surface area contributed by atoms with Gasteiger partial charge in [0, 0.05) is 68.8 Å². The van der Waals surface area contributed by atoms with Crippen molar-refractivity contribution in [3.05, 3.63) is 41.0 Å². The Balaban J connectivity index is 1.36.